The molecule has 6 nitrogen and oxygen atoms in total. The summed E-state index contributed by atoms with van der Waals surface area (Å²) in [5.41, 5.74) is 0. The fourth-order valence-corrected chi connectivity index (χ4v) is 3.14. The third-order valence-corrected chi connectivity index (χ3v) is 4.52. The number of ether oxygens (including phenoxy) is 1. The summed E-state index contributed by atoms with van der Waals surface area (Å²) in [6.07, 6.45) is 5.21. The van der Waals surface area contributed by atoms with Crippen LogP contribution in [0.25, 0.3) is 0 Å². The number of aliphatic imine (C=N–C) groups is 1. The molecule has 0 unspecified atom stereocenters. The lowest BCUT2D eigenvalue weighted by atomic mass is 10.3. The van der Waals surface area contributed by atoms with Crippen molar-refractivity contribution in [1.29, 1.82) is 0 Å². The predicted molar refractivity (Wildman–Crippen MR) is 112 cm³/mol. The van der Waals surface area contributed by atoms with Gasteiger partial charge in [0.25, 0.3) is 0 Å². The minimum atomic E-state index is 0. The summed E-state index contributed by atoms with van der Waals surface area (Å²) in [6, 6.07) is 0. The number of unbranched alkanes of at least 4 members (excludes halogenated alkanes) is 1. The molecule has 0 spiro atoms. The van der Waals surface area contributed by atoms with Crippen LogP contribution >= 0.6 is 24.0 Å². The van der Waals surface area contributed by atoms with Crippen molar-refractivity contribution < 1.29 is 4.74 Å². The van der Waals surface area contributed by atoms with Gasteiger partial charge in [-0.15, -0.1) is 24.0 Å². The molecular formula is C17H36IN5O. The average molecular weight is 453 g/mol. The average Bonchev–Trinajstić information content (AvgIpc) is 3.09. The maximum atomic E-state index is 5.38. The van der Waals surface area contributed by atoms with E-state index in [0.717, 1.165) is 58.4 Å². The van der Waals surface area contributed by atoms with Crippen LogP contribution in [0.1, 0.15) is 32.6 Å². The van der Waals surface area contributed by atoms with E-state index in [-0.39, 0.29) is 24.0 Å². The second-order valence-corrected chi connectivity index (χ2v) is 6.40. The van der Waals surface area contributed by atoms with Gasteiger partial charge in [-0.2, -0.15) is 0 Å². The summed E-state index contributed by atoms with van der Waals surface area (Å²) >= 11 is 0. The molecule has 2 saturated heterocycles. The molecule has 0 bridgehead atoms. The van der Waals surface area contributed by atoms with E-state index < -0.39 is 0 Å². The van der Waals surface area contributed by atoms with E-state index in [1.165, 1.54) is 45.3 Å². The minimum absolute atomic E-state index is 0. The Morgan fingerprint density at radius 3 is 2.38 bits per heavy atom. The van der Waals surface area contributed by atoms with Crippen LogP contribution in [0.2, 0.25) is 0 Å². The smallest absolute Gasteiger partial charge is 0.191 e. The van der Waals surface area contributed by atoms with Crippen molar-refractivity contribution in [2.45, 2.75) is 32.6 Å². The molecule has 2 fully saturated rings. The van der Waals surface area contributed by atoms with Crippen LogP contribution in [-0.2, 0) is 4.74 Å². The van der Waals surface area contributed by atoms with Crippen molar-refractivity contribution in [3.8, 4) is 0 Å². The highest BCUT2D eigenvalue weighted by molar-refractivity contribution is 14.0. The normalized spacial score (nSPS) is 20.0. The highest BCUT2D eigenvalue weighted by atomic mass is 127. The Hall–Kier alpha value is -0.120. The summed E-state index contributed by atoms with van der Waals surface area (Å²) < 4.78 is 5.38. The van der Waals surface area contributed by atoms with Gasteiger partial charge in [-0.1, -0.05) is 0 Å². The zero-order valence-corrected chi connectivity index (χ0v) is 17.6. The lowest BCUT2D eigenvalue weighted by molar-refractivity contribution is 0.0389. The second kappa shape index (κ2) is 14.1. The maximum absolute atomic E-state index is 5.38. The molecule has 0 atom stereocenters. The first-order valence-corrected chi connectivity index (χ1v) is 9.43. The van der Waals surface area contributed by atoms with Crippen LogP contribution in [-0.4, -0.2) is 87.9 Å². The topological polar surface area (TPSA) is 52.1 Å². The lowest BCUT2D eigenvalue weighted by Gasteiger charge is -2.26. The zero-order valence-electron chi connectivity index (χ0n) is 15.3. The summed E-state index contributed by atoms with van der Waals surface area (Å²) in [6.45, 7) is 13.6. The third kappa shape index (κ3) is 9.39. The Morgan fingerprint density at radius 2 is 1.67 bits per heavy atom. The van der Waals surface area contributed by atoms with E-state index in [9.17, 15) is 0 Å². The second-order valence-electron chi connectivity index (χ2n) is 6.40. The van der Waals surface area contributed by atoms with E-state index in [4.69, 9.17) is 9.73 Å². The number of halogens is 1. The molecule has 2 rings (SSSR count). The molecule has 2 N–H and O–H groups in total. The number of hydrogen-bond donors (Lipinski definition) is 2. The molecular weight excluding hydrogens is 417 g/mol. The summed E-state index contributed by atoms with van der Waals surface area (Å²) in [7, 11) is 0. The molecule has 142 valence electrons. The molecule has 0 radical (unpaired) electrons. The number of likely N-dealkylation sites (tertiary alicyclic amines) is 1. The van der Waals surface area contributed by atoms with E-state index in [1.54, 1.807) is 0 Å². The van der Waals surface area contributed by atoms with Crippen LogP contribution in [0.5, 0.6) is 0 Å². The van der Waals surface area contributed by atoms with Crippen LogP contribution in [0, 0.1) is 0 Å². The van der Waals surface area contributed by atoms with Crippen molar-refractivity contribution in [2.24, 2.45) is 4.99 Å². The van der Waals surface area contributed by atoms with Crippen LogP contribution in [0.3, 0.4) is 0 Å². The van der Waals surface area contributed by atoms with Gasteiger partial charge in [0.05, 0.1) is 13.2 Å². The van der Waals surface area contributed by atoms with Crippen LogP contribution in [0.4, 0.5) is 0 Å². The first-order valence-electron chi connectivity index (χ1n) is 9.43. The Bertz CT molecular complexity index is 331. The van der Waals surface area contributed by atoms with Gasteiger partial charge < -0.3 is 20.3 Å². The molecule has 0 aliphatic carbocycles. The van der Waals surface area contributed by atoms with Crippen LogP contribution in [0.15, 0.2) is 4.99 Å². The standard InChI is InChI=1S/C17H35N5O.HI/c1-2-18-17(20-8-12-22-13-15-23-16-14-22)19-7-3-4-9-21-10-5-6-11-21;/h2-16H2,1H3,(H2,18,19,20);1H. The van der Waals surface area contributed by atoms with Crippen LogP contribution < -0.4 is 10.6 Å². The molecule has 24 heavy (non-hydrogen) atoms. The van der Waals surface area contributed by atoms with Gasteiger partial charge >= 0.3 is 0 Å². The number of hydrogen-bond acceptors (Lipinski definition) is 4. The van der Waals surface area contributed by atoms with Crippen molar-refractivity contribution in [3.05, 3.63) is 0 Å². The first-order chi connectivity index (χ1) is 11.4. The lowest BCUT2D eigenvalue weighted by Crippen LogP contribution is -2.44. The SMILES string of the molecule is CCNC(=NCCCCN1CCCC1)NCCN1CCOCC1.I. The number of nitrogens with one attached hydrogen (secondary N) is 2. The quantitative estimate of drug-likeness (QED) is 0.239. The minimum Gasteiger partial charge on any atom is -0.379 e. The maximum Gasteiger partial charge on any atom is 0.191 e. The Kier molecular flexibility index (Phi) is 12.9. The monoisotopic (exact) mass is 453 g/mol. The Morgan fingerprint density at radius 1 is 0.958 bits per heavy atom. The first kappa shape index (κ1) is 21.9. The Labute approximate surface area is 164 Å². The fourth-order valence-electron chi connectivity index (χ4n) is 3.14. The molecule has 2 aliphatic heterocycles. The predicted octanol–water partition coefficient (Wildman–Crippen LogP) is 1.37. The summed E-state index contributed by atoms with van der Waals surface area (Å²) in [5, 5.41) is 6.78. The molecule has 0 amide bonds. The largest absolute Gasteiger partial charge is 0.379 e. The van der Waals surface area contributed by atoms with Gasteiger partial charge in [-0.05, 0) is 52.2 Å². The van der Waals surface area contributed by atoms with Gasteiger partial charge in [0.2, 0.25) is 0 Å². The van der Waals surface area contributed by atoms with Crippen molar-refractivity contribution >= 4 is 29.9 Å². The molecule has 7 heteroatoms. The molecule has 0 aromatic heterocycles. The number of rotatable bonds is 9. The van der Waals surface area contributed by atoms with Gasteiger partial charge in [-0.3, -0.25) is 9.89 Å². The molecule has 2 aliphatic rings. The molecule has 0 aromatic rings. The van der Waals surface area contributed by atoms with Gasteiger partial charge in [0.15, 0.2) is 5.96 Å². The molecule has 0 saturated carbocycles. The Balaban J connectivity index is 0.00000288. The van der Waals surface area contributed by atoms with Gasteiger partial charge in [0.1, 0.15) is 0 Å². The summed E-state index contributed by atoms with van der Waals surface area (Å²) in [4.78, 5) is 9.71. The van der Waals surface area contributed by atoms with Gasteiger partial charge in [-0.25, -0.2) is 0 Å². The molecule has 0 aromatic carbocycles. The van der Waals surface area contributed by atoms with E-state index >= 15 is 0 Å². The summed E-state index contributed by atoms with van der Waals surface area (Å²) in [5.74, 6) is 0.960. The number of guanidine groups is 1. The molecule has 2 heterocycles. The van der Waals surface area contributed by atoms with Crippen molar-refractivity contribution in [1.82, 2.24) is 20.4 Å². The third-order valence-electron chi connectivity index (χ3n) is 4.52. The van der Waals surface area contributed by atoms with E-state index in [0.29, 0.717) is 0 Å². The van der Waals surface area contributed by atoms with E-state index in [1.807, 2.05) is 0 Å². The van der Waals surface area contributed by atoms with Crippen molar-refractivity contribution in [2.75, 3.05) is 72.1 Å². The fraction of sp³-hybridized carbons (Fsp3) is 0.941. The zero-order chi connectivity index (χ0) is 16.2. The highest BCUT2D eigenvalue weighted by Gasteiger charge is 2.10. The number of nitrogens with zero attached hydrogens (tertiary/aromatic N) is 3. The van der Waals surface area contributed by atoms with Crippen molar-refractivity contribution in [3.63, 3.8) is 0 Å². The van der Waals surface area contributed by atoms with Gasteiger partial charge in [0, 0.05) is 39.3 Å². The highest BCUT2D eigenvalue weighted by Crippen LogP contribution is 2.08. The van der Waals surface area contributed by atoms with E-state index in [2.05, 4.69) is 27.4 Å². The number of morpholine rings is 1.